The molecule has 8 heteroatoms. The molecule has 0 radical (unpaired) electrons. The van der Waals surface area contributed by atoms with Gasteiger partial charge in [-0.3, -0.25) is 4.79 Å². The van der Waals surface area contributed by atoms with Gasteiger partial charge in [0.25, 0.3) is 5.91 Å². The largest absolute Gasteiger partial charge is 0.379 e. The molecule has 3 atom stereocenters. The van der Waals surface area contributed by atoms with Crippen LogP contribution in [-0.4, -0.2) is 69.0 Å². The van der Waals surface area contributed by atoms with Gasteiger partial charge in [0.2, 0.25) is 10.0 Å². The number of fused-ring (bicyclic) bond motifs is 1. The lowest BCUT2D eigenvalue weighted by molar-refractivity contribution is 0.0730. The Kier molecular flexibility index (Phi) is 5.00. The highest BCUT2D eigenvalue weighted by Crippen LogP contribution is 2.37. The van der Waals surface area contributed by atoms with Crippen LogP contribution in [0.3, 0.4) is 0 Å². The van der Waals surface area contributed by atoms with Crippen LogP contribution in [0.25, 0.3) is 0 Å². The number of aryl methyl sites for hydroxylation is 1. The van der Waals surface area contributed by atoms with E-state index in [1.807, 2.05) is 4.90 Å². The van der Waals surface area contributed by atoms with Gasteiger partial charge in [0, 0.05) is 37.8 Å². The second-order valence-electron chi connectivity index (χ2n) is 7.87. The summed E-state index contributed by atoms with van der Waals surface area (Å²) < 4.78 is 32.8. The summed E-state index contributed by atoms with van der Waals surface area (Å²) in [7, 11) is -3.63. The second kappa shape index (κ2) is 7.16. The summed E-state index contributed by atoms with van der Waals surface area (Å²) in [5.74, 6) is 0.747. The normalized spacial score (nSPS) is 29.1. The van der Waals surface area contributed by atoms with Gasteiger partial charge >= 0.3 is 0 Å². The smallest absolute Gasteiger partial charge is 0.253 e. The molecule has 2 saturated heterocycles. The number of rotatable bonds is 3. The van der Waals surface area contributed by atoms with Crippen molar-refractivity contribution in [1.29, 1.82) is 0 Å². The molecule has 0 bridgehead atoms. The Hall–Kier alpha value is -1.48. The Bertz CT molecular complexity index is 835. The summed E-state index contributed by atoms with van der Waals surface area (Å²) in [4.78, 5) is 15.1. The Labute approximate surface area is 160 Å². The van der Waals surface area contributed by atoms with E-state index in [0.29, 0.717) is 55.8 Å². The van der Waals surface area contributed by atoms with Gasteiger partial charge in [0.1, 0.15) is 0 Å². The highest BCUT2D eigenvalue weighted by atomic mass is 32.2. The quantitative estimate of drug-likeness (QED) is 0.821. The first-order valence-corrected chi connectivity index (χ1v) is 11.1. The first-order chi connectivity index (χ1) is 12.9. The van der Waals surface area contributed by atoms with Crippen LogP contribution in [0.5, 0.6) is 0 Å². The van der Waals surface area contributed by atoms with Crippen molar-refractivity contribution >= 4 is 15.9 Å². The molecule has 1 aliphatic carbocycles. The summed E-state index contributed by atoms with van der Waals surface area (Å²) in [6, 6.07) is 5.16. The van der Waals surface area contributed by atoms with Crippen LogP contribution in [0, 0.1) is 18.8 Å². The third-order valence-corrected chi connectivity index (χ3v) is 8.26. The maximum Gasteiger partial charge on any atom is 0.253 e. The van der Waals surface area contributed by atoms with Crippen molar-refractivity contribution in [2.45, 2.75) is 30.7 Å². The van der Waals surface area contributed by atoms with Crippen LogP contribution >= 0.6 is 0 Å². The molecule has 1 amide bonds. The van der Waals surface area contributed by atoms with Crippen LogP contribution in [0.2, 0.25) is 0 Å². The number of ether oxygens (including phenoxy) is 1. The molecule has 1 aromatic rings. The number of hydrogen-bond donors (Lipinski definition) is 1. The molecule has 7 nitrogen and oxygen atoms in total. The molecular weight excluding hydrogens is 366 g/mol. The standard InChI is InChI=1S/C19H27N3O4S/c1-13-2-3-14(10-18(13)27(24,25)22-6-8-26-9-7-22)19(23)21-11-15-4-5-17(20)16(15)12-21/h2-3,10,15-17H,4-9,11-12,20H2,1H3. The van der Waals surface area contributed by atoms with Crippen LogP contribution in [0.1, 0.15) is 28.8 Å². The fourth-order valence-electron chi connectivity index (χ4n) is 4.59. The van der Waals surface area contributed by atoms with Gasteiger partial charge in [-0.15, -0.1) is 0 Å². The van der Waals surface area contributed by atoms with Crippen LogP contribution in [0.15, 0.2) is 23.1 Å². The molecule has 2 N–H and O–H groups in total. The monoisotopic (exact) mass is 393 g/mol. The summed E-state index contributed by atoms with van der Waals surface area (Å²) >= 11 is 0. The first-order valence-electron chi connectivity index (χ1n) is 9.61. The molecular formula is C19H27N3O4S. The van der Waals surface area contributed by atoms with E-state index in [2.05, 4.69) is 0 Å². The number of morpholine rings is 1. The number of nitrogens with zero attached hydrogens (tertiary/aromatic N) is 2. The number of nitrogens with two attached hydrogens (primary N) is 1. The lowest BCUT2D eigenvalue weighted by Crippen LogP contribution is -2.41. The molecule has 2 heterocycles. The van der Waals surface area contributed by atoms with Crippen molar-refractivity contribution in [3.63, 3.8) is 0 Å². The molecule has 148 valence electrons. The minimum Gasteiger partial charge on any atom is -0.379 e. The maximum atomic E-state index is 13.0. The average Bonchev–Trinajstić information content (AvgIpc) is 3.24. The van der Waals surface area contributed by atoms with Crippen LogP contribution < -0.4 is 5.73 Å². The van der Waals surface area contributed by atoms with Crippen molar-refractivity contribution in [2.75, 3.05) is 39.4 Å². The zero-order valence-electron chi connectivity index (χ0n) is 15.6. The third-order valence-electron chi connectivity index (χ3n) is 6.22. The van der Waals surface area contributed by atoms with E-state index >= 15 is 0 Å². The Morgan fingerprint density at radius 1 is 1.19 bits per heavy atom. The predicted octanol–water partition coefficient (Wildman–Crippen LogP) is 0.825. The molecule has 4 rings (SSSR count). The van der Waals surface area contributed by atoms with E-state index in [1.165, 1.54) is 10.4 Å². The Morgan fingerprint density at radius 3 is 2.63 bits per heavy atom. The summed E-state index contributed by atoms with van der Waals surface area (Å²) in [6.07, 6.45) is 2.10. The van der Waals surface area contributed by atoms with E-state index < -0.39 is 10.0 Å². The van der Waals surface area contributed by atoms with Gasteiger partial charge in [0.15, 0.2) is 0 Å². The minimum atomic E-state index is -3.63. The van der Waals surface area contributed by atoms with E-state index in [9.17, 15) is 13.2 Å². The van der Waals surface area contributed by atoms with Gasteiger partial charge in [-0.05, 0) is 49.3 Å². The van der Waals surface area contributed by atoms with E-state index in [-0.39, 0.29) is 16.8 Å². The Morgan fingerprint density at radius 2 is 1.93 bits per heavy atom. The fourth-order valence-corrected chi connectivity index (χ4v) is 6.25. The van der Waals surface area contributed by atoms with Crippen molar-refractivity contribution in [3.05, 3.63) is 29.3 Å². The maximum absolute atomic E-state index is 13.0. The number of hydrogen-bond acceptors (Lipinski definition) is 5. The molecule has 0 aromatic heterocycles. The number of carbonyl (C=O) groups excluding carboxylic acids is 1. The van der Waals surface area contributed by atoms with Gasteiger partial charge in [0.05, 0.1) is 18.1 Å². The molecule has 27 heavy (non-hydrogen) atoms. The topological polar surface area (TPSA) is 92.9 Å². The summed E-state index contributed by atoms with van der Waals surface area (Å²) in [5.41, 5.74) is 7.25. The lowest BCUT2D eigenvalue weighted by atomic mass is 9.98. The number of carbonyl (C=O) groups is 1. The SMILES string of the molecule is Cc1ccc(C(=O)N2CC3CCC(N)C3C2)cc1S(=O)(=O)N1CCOCC1. The Balaban J connectivity index is 1.58. The van der Waals surface area contributed by atoms with E-state index in [4.69, 9.17) is 10.5 Å². The lowest BCUT2D eigenvalue weighted by Gasteiger charge is -2.27. The zero-order valence-corrected chi connectivity index (χ0v) is 16.5. The molecule has 0 spiro atoms. The molecule has 1 aromatic carbocycles. The van der Waals surface area contributed by atoms with Crippen molar-refractivity contribution < 1.29 is 17.9 Å². The minimum absolute atomic E-state index is 0.102. The van der Waals surface area contributed by atoms with Crippen molar-refractivity contribution in [1.82, 2.24) is 9.21 Å². The average molecular weight is 394 g/mol. The molecule has 3 fully saturated rings. The van der Waals surface area contributed by atoms with Crippen molar-refractivity contribution in [3.8, 4) is 0 Å². The van der Waals surface area contributed by atoms with Gasteiger partial charge in [-0.2, -0.15) is 4.31 Å². The highest BCUT2D eigenvalue weighted by molar-refractivity contribution is 7.89. The summed E-state index contributed by atoms with van der Waals surface area (Å²) in [5, 5.41) is 0. The zero-order chi connectivity index (χ0) is 19.2. The van der Waals surface area contributed by atoms with Crippen molar-refractivity contribution in [2.24, 2.45) is 17.6 Å². The number of likely N-dealkylation sites (tertiary alicyclic amines) is 1. The molecule has 2 aliphatic heterocycles. The summed E-state index contributed by atoms with van der Waals surface area (Å²) in [6.45, 7) is 4.63. The number of benzene rings is 1. The van der Waals surface area contributed by atoms with Gasteiger partial charge < -0.3 is 15.4 Å². The molecule has 3 unspecified atom stereocenters. The molecule has 3 aliphatic rings. The number of amides is 1. The van der Waals surface area contributed by atoms with E-state index in [0.717, 1.165) is 19.4 Å². The fraction of sp³-hybridized carbons (Fsp3) is 0.632. The van der Waals surface area contributed by atoms with E-state index in [1.54, 1.807) is 19.1 Å². The van der Waals surface area contributed by atoms with Crippen LogP contribution in [-0.2, 0) is 14.8 Å². The highest BCUT2D eigenvalue weighted by Gasteiger charge is 2.42. The second-order valence-corrected chi connectivity index (χ2v) is 9.78. The first kappa shape index (κ1) is 18.9. The number of sulfonamides is 1. The third kappa shape index (κ3) is 3.40. The van der Waals surface area contributed by atoms with Gasteiger partial charge in [-0.25, -0.2) is 8.42 Å². The van der Waals surface area contributed by atoms with Gasteiger partial charge in [-0.1, -0.05) is 6.07 Å². The predicted molar refractivity (Wildman–Crippen MR) is 101 cm³/mol. The van der Waals surface area contributed by atoms with Crippen LogP contribution in [0.4, 0.5) is 0 Å². The molecule has 1 saturated carbocycles.